The number of ether oxygens (including phenoxy) is 1. The van der Waals surface area contributed by atoms with Gasteiger partial charge in [-0.1, -0.05) is 11.6 Å². The molecule has 1 atom stereocenters. The van der Waals surface area contributed by atoms with Crippen LogP contribution >= 0.6 is 11.6 Å². The van der Waals surface area contributed by atoms with Crippen LogP contribution in [0.2, 0.25) is 5.02 Å². The van der Waals surface area contributed by atoms with Crippen LogP contribution in [0.15, 0.2) is 70.9 Å². The molecule has 3 heterocycles. The van der Waals surface area contributed by atoms with Crippen LogP contribution in [0.1, 0.15) is 17.4 Å². The van der Waals surface area contributed by atoms with Gasteiger partial charge in [0.25, 0.3) is 11.7 Å². The Morgan fingerprint density at radius 3 is 2.36 bits per heavy atom. The lowest BCUT2D eigenvalue weighted by atomic mass is 9.99. The summed E-state index contributed by atoms with van der Waals surface area (Å²) < 4.78 is 10.9. The molecule has 2 aliphatic heterocycles. The number of halogens is 1. The predicted molar refractivity (Wildman–Crippen MR) is 138 cm³/mol. The van der Waals surface area contributed by atoms with E-state index >= 15 is 0 Å². The summed E-state index contributed by atoms with van der Waals surface area (Å²) in [6.45, 7) is 3.78. The first-order valence-electron chi connectivity index (χ1n) is 11.6. The molecule has 1 N–H and O–H groups in total. The van der Waals surface area contributed by atoms with Crippen molar-refractivity contribution < 1.29 is 23.8 Å². The number of hydrogen-bond donors (Lipinski definition) is 1. The van der Waals surface area contributed by atoms with Gasteiger partial charge in [0.05, 0.1) is 24.0 Å². The van der Waals surface area contributed by atoms with Crippen molar-refractivity contribution in [3.05, 3.63) is 82.8 Å². The van der Waals surface area contributed by atoms with Crippen LogP contribution in [-0.2, 0) is 9.59 Å². The van der Waals surface area contributed by atoms with Crippen molar-refractivity contribution in [3.8, 4) is 5.75 Å². The van der Waals surface area contributed by atoms with Crippen molar-refractivity contribution in [2.24, 2.45) is 0 Å². The summed E-state index contributed by atoms with van der Waals surface area (Å²) in [7, 11) is 3.56. The van der Waals surface area contributed by atoms with E-state index in [1.54, 1.807) is 24.3 Å². The lowest BCUT2D eigenvalue weighted by Gasteiger charge is -2.34. The Balaban J connectivity index is 1.55. The molecule has 186 valence electrons. The lowest BCUT2D eigenvalue weighted by molar-refractivity contribution is -0.132. The molecule has 0 spiro atoms. The molecule has 1 amide bonds. The van der Waals surface area contributed by atoms with Gasteiger partial charge in [0.1, 0.15) is 23.3 Å². The van der Waals surface area contributed by atoms with Gasteiger partial charge in [-0.2, -0.15) is 0 Å². The fourth-order valence-electron chi connectivity index (χ4n) is 4.67. The molecule has 0 saturated carbocycles. The van der Waals surface area contributed by atoms with E-state index in [2.05, 4.69) is 16.8 Å². The molecule has 2 saturated heterocycles. The first-order chi connectivity index (χ1) is 17.4. The van der Waals surface area contributed by atoms with Crippen LogP contribution in [0.4, 0.5) is 11.4 Å². The van der Waals surface area contributed by atoms with Crippen molar-refractivity contribution in [2.75, 3.05) is 50.1 Å². The molecule has 36 heavy (non-hydrogen) atoms. The quantitative estimate of drug-likeness (QED) is 0.312. The fourth-order valence-corrected chi connectivity index (χ4v) is 4.86. The standard InChI is InChI=1S/C27H26ClN3O5/c1-29-11-13-30(14-12-29)18-6-8-19(9-7-18)31-24(21-4-3-15-36-21)23(26(33)27(31)34)25(32)17-5-10-20(28)22(16-17)35-2/h3-10,15-16,24,32H,11-14H2,1-2H3/b25-23-. The zero-order valence-electron chi connectivity index (χ0n) is 20.0. The molecule has 1 aromatic heterocycles. The third-order valence-corrected chi connectivity index (χ3v) is 6.99. The zero-order valence-corrected chi connectivity index (χ0v) is 20.7. The number of likely N-dealkylation sites (N-methyl/N-ethyl adjacent to an activating group) is 1. The van der Waals surface area contributed by atoms with Gasteiger partial charge in [-0.3, -0.25) is 14.5 Å². The third-order valence-electron chi connectivity index (χ3n) is 6.68. The van der Waals surface area contributed by atoms with E-state index in [0.29, 0.717) is 27.8 Å². The van der Waals surface area contributed by atoms with Crippen LogP contribution in [0, 0.1) is 0 Å². The van der Waals surface area contributed by atoms with Crippen LogP contribution in [0.5, 0.6) is 5.75 Å². The van der Waals surface area contributed by atoms with Gasteiger partial charge in [0.2, 0.25) is 0 Å². The molecule has 0 bridgehead atoms. The second-order valence-electron chi connectivity index (χ2n) is 8.84. The molecule has 8 nitrogen and oxygen atoms in total. The minimum atomic E-state index is -0.934. The molecule has 3 aromatic rings. The number of anilines is 2. The topological polar surface area (TPSA) is 86.5 Å². The summed E-state index contributed by atoms with van der Waals surface area (Å²) in [6, 6.07) is 14.6. The van der Waals surface area contributed by atoms with Crippen molar-refractivity contribution in [3.63, 3.8) is 0 Å². The molecule has 9 heteroatoms. The van der Waals surface area contributed by atoms with Gasteiger partial charge in [-0.15, -0.1) is 0 Å². The minimum Gasteiger partial charge on any atom is -0.507 e. The van der Waals surface area contributed by atoms with E-state index in [-0.39, 0.29) is 11.3 Å². The first kappa shape index (κ1) is 24.0. The van der Waals surface area contributed by atoms with Crippen molar-refractivity contribution in [1.82, 2.24) is 4.90 Å². The Bertz CT molecular complexity index is 1310. The van der Waals surface area contributed by atoms with E-state index in [0.717, 1.165) is 31.9 Å². The molecule has 2 aromatic carbocycles. The highest BCUT2D eigenvalue weighted by Gasteiger charge is 2.48. The molecular weight excluding hydrogens is 482 g/mol. The number of carbonyl (C=O) groups excluding carboxylic acids is 2. The minimum absolute atomic E-state index is 0.0672. The highest BCUT2D eigenvalue weighted by Crippen LogP contribution is 2.43. The Hall–Kier alpha value is -3.75. The average Bonchev–Trinajstić information content (AvgIpc) is 3.51. The van der Waals surface area contributed by atoms with Crippen LogP contribution in [-0.4, -0.2) is 62.0 Å². The number of piperazine rings is 1. The number of rotatable bonds is 5. The third kappa shape index (κ3) is 4.23. The summed E-state index contributed by atoms with van der Waals surface area (Å²) in [5, 5.41) is 11.6. The highest BCUT2D eigenvalue weighted by atomic mass is 35.5. The largest absolute Gasteiger partial charge is 0.507 e. The molecular formula is C27H26ClN3O5. The lowest BCUT2D eigenvalue weighted by Crippen LogP contribution is -2.44. The number of furan rings is 1. The number of benzene rings is 2. The van der Waals surface area contributed by atoms with E-state index in [4.69, 9.17) is 20.8 Å². The summed E-state index contributed by atoms with van der Waals surface area (Å²) in [5.41, 5.74) is 1.81. The number of methoxy groups -OCH3 is 1. The van der Waals surface area contributed by atoms with Crippen molar-refractivity contribution in [2.45, 2.75) is 6.04 Å². The average molecular weight is 508 g/mol. The van der Waals surface area contributed by atoms with Gasteiger partial charge in [-0.05, 0) is 61.6 Å². The van der Waals surface area contributed by atoms with E-state index < -0.39 is 17.7 Å². The van der Waals surface area contributed by atoms with Gasteiger partial charge >= 0.3 is 0 Å². The molecule has 2 fully saturated rings. The second-order valence-corrected chi connectivity index (χ2v) is 9.25. The number of carbonyl (C=O) groups is 2. The Morgan fingerprint density at radius 1 is 1.03 bits per heavy atom. The SMILES string of the molecule is COc1cc(/C(O)=C2/C(=O)C(=O)N(c3ccc(N4CCN(C)CC4)cc3)C2c2ccco2)ccc1Cl. The molecule has 5 rings (SSSR count). The number of Topliss-reactive ketones (excluding diaryl/α,β-unsaturated/α-hetero) is 1. The number of nitrogens with zero attached hydrogens (tertiary/aromatic N) is 3. The predicted octanol–water partition coefficient (Wildman–Crippen LogP) is 4.32. The summed E-state index contributed by atoms with van der Waals surface area (Å²) in [5.74, 6) is -1.18. The van der Waals surface area contributed by atoms with E-state index in [1.165, 1.54) is 24.3 Å². The maximum absolute atomic E-state index is 13.3. The second kappa shape index (κ2) is 9.72. The number of aliphatic hydroxyl groups excluding tert-OH is 1. The van der Waals surface area contributed by atoms with Gasteiger partial charge < -0.3 is 24.1 Å². The summed E-state index contributed by atoms with van der Waals surface area (Å²) >= 11 is 6.13. The maximum Gasteiger partial charge on any atom is 0.300 e. The molecule has 0 aliphatic carbocycles. The number of hydrogen-bond acceptors (Lipinski definition) is 7. The normalized spacial score (nSPS) is 20.2. The van der Waals surface area contributed by atoms with Crippen molar-refractivity contribution >= 4 is 40.4 Å². The Morgan fingerprint density at radius 2 is 1.72 bits per heavy atom. The van der Waals surface area contributed by atoms with Gasteiger partial charge in [0.15, 0.2) is 0 Å². The van der Waals surface area contributed by atoms with Crippen LogP contribution in [0.3, 0.4) is 0 Å². The van der Waals surface area contributed by atoms with E-state index in [1.807, 2.05) is 24.3 Å². The van der Waals surface area contributed by atoms with E-state index in [9.17, 15) is 14.7 Å². The molecule has 1 unspecified atom stereocenters. The van der Waals surface area contributed by atoms with Crippen LogP contribution < -0.4 is 14.5 Å². The molecule has 0 radical (unpaired) electrons. The maximum atomic E-state index is 13.3. The monoisotopic (exact) mass is 507 g/mol. The van der Waals surface area contributed by atoms with Gasteiger partial charge in [-0.25, -0.2) is 0 Å². The summed E-state index contributed by atoms with van der Waals surface area (Å²) in [6.07, 6.45) is 1.47. The number of amides is 1. The van der Waals surface area contributed by atoms with Gasteiger partial charge in [0, 0.05) is 43.1 Å². The number of aliphatic hydroxyl groups is 1. The Kier molecular flexibility index (Phi) is 6.47. The zero-order chi connectivity index (χ0) is 25.4. The van der Waals surface area contributed by atoms with Crippen LogP contribution in [0.25, 0.3) is 5.76 Å². The Labute approximate surface area is 213 Å². The van der Waals surface area contributed by atoms with Crippen molar-refractivity contribution in [1.29, 1.82) is 0 Å². The first-order valence-corrected chi connectivity index (χ1v) is 12.0. The molecule has 2 aliphatic rings. The highest BCUT2D eigenvalue weighted by molar-refractivity contribution is 6.51. The number of ketones is 1. The fraction of sp³-hybridized carbons (Fsp3) is 0.259. The summed E-state index contributed by atoms with van der Waals surface area (Å²) in [4.78, 5) is 32.5. The smallest absolute Gasteiger partial charge is 0.300 e.